The van der Waals surface area contributed by atoms with Crippen molar-refractivity contribution in [2.24, 2.45) is 11.7 Å². The van der Waals surface area contributed by atoms with Gasteiger partial charge in [0, 0.05) is 4.88 Å². The number of carboxylic acid groups (broad SMARTS) is 1. The molecule has 4 N–H and O–H groups in total. The molecule has 2 aliphatic carbocycles. The predicted molar refractivity (Wildman–Crippen MR) is 94.9 cm³/mol. The molecule has 0 bridgehead atoms. The standard InChI is InChI=1S/C10H8N2O3S.C7H15N/c13-8-6-4-2-1-3-5(4)16-9(6)12-7(11-8)10(14)15;8-6-7-4-2-1-3-5-7/h1-3H2,(H,14,15)(H,11,12,13);7H,1-6,8H2. The first kappa shape index (κ1) is 17.1. The van der Waals surface area contributed by atoms with E-state index in [1.54, 1.807) is 0 Å². The Bertz CT molecular complexity index is 790. The third-order valence-electron chi connectivity index (χ3n) is 4.84. The van der Waals surface area contributed by atoms with Crippen LogP contribution in [0.1, 0.15) is 59.6 Å². The maximum Gasteiger partial charge on any atom is 0.372 e. The molecule has 0 atom stereocenters. The van der Waals surface area contributed by atoms with Gasteiger partial charge in [-0.3, -0.25) is 4.79 Å². The normalized spacial score (nSPS) is 17.4. The smallest absolute Gasteiger partial charge is 0.372 e. The second-order valence-electron chi connectivity index (χ2n) is 6.50. The highest BCUT2D eigenvalue weighted by molar-refractivity contribution is 7.18. The molecule has 2 aromatic heterocycles. The first-order chi connectivity index (χ1) is 11.6. The number of thiophene rings is 1. The van der Waals surface area contributed by atoms with Crippen LogP contribution in [-0.4, -0.2) is 27.6 Å². The zero-order chi connectivity index (χ0) is 17.1. The van der Waals surface area contributed by atoms with Crippen LogP contribution in [-0.2, 0) is 12.8 Å². The van der Waals surface area contributed by atoms with Crippen LogP contribution in [0, 0.1) is 5.92 Å². The van der Waals surface area contributed by atoms with Gasteiger partial charge in [0.25, 0.3) is 5.56 Å². The number of nitrogens with zero attached hydrogens (tertiary/aromatic N) is 1. The maximum absolute atomic E-state index is 11.8. The lowest BCUT2D eigenvalue weighted by Crippen LogP contribution is -2.16. The van der Waals surface area contributed by atoms with Gasteiger partial charge >= 0.3 is 5.97 Å². The number of rotatable bonds is 2. The Morgan fingerprint density at radius 2 is 2.00 bits per heavy atom. The fraction of sp³-hybridized carbons (Fsp3) is 0.588. The van der Waals surface area contributed by atoms with Crippen LogP contribution in [0.3, 0.4) is 0 Å². The molecule has 0 spiro atoms. The summed E-state index contributed by atoms with van der Waals surface area (Å²) in [5.41, 5.74) is 6.23. The van der Waals surface area contributed by atoms with Crippen molar-refractivity contribution in [3.8, 4) is 0 Å². The van der Waals surface area contributed by atoms with Crippen LogP contribution in [0.15, 0.2) is 4.79 Å². The molecular formula is C17H23N3O3S. The van der Waals surface area contributed by atoms with Crippen molar-refractivity contribution in [1.29, 1.82) is 0 Å². The lowest BCUT2D eigenvalue weighted by atomic mass is 9.90. The van der Waals surface area contributed by atoms with E-state index in [4.69, 9.17) is 10.8 Å². The number of fused-ring (bicyclic) bond motifs is 3. The van der Waals surface area contributed by atoms with Gasteiger partial charge < -0.3 is 15.8 Å². The molecule has 4 rings (SSSR count). The highest BCUT2D eigenvalue weighted by Crippen LogP contribution is 2.34. The lowest BCUT2D eigenvalue weighted by molar-refractivity contribution is 0.0683. The second-order valence-corrected chi connectivity index (χ2v) is 7.58. The van der Waals surface area contributed by atoms with E-state index in [-0.39, 0.29) is 11.4 Å². The van der Waals surface area contributed by atoms with Crippen LogP contribution in [0.5, 0.6) is 0 Å². The van der Waals surface area contributed by atoms with E-state index >= 15 is 0 Å². The van der Waals surface area contributed by atoms with Gasteiger partial charge in [-0.15, -0.1) is 11.3 Å². The summed E-state index contributed by atoms with van der Waals surface area (Å²) in [5, 5.41) is 9.37. The average molecular weight is 349 g/mol. The zero-order valence-electron chi connectivity index (χ0n) is 13.6. The van der Waals surface area contributed by atoms with Gasteiger partial charge in [-0.25, -0.2) is 9.78 Å². The third kappa shape index (κ3) is 3.52. The van der Waals surface area contributed by atoms with Crippen molar-refractivity contribution < 1.29 is 9.90 Å². The Morgan fingerprint density at radius 3 is 2.62 bits per heavy atom. The summed E-state index contributed by atoms with van der Waals surface area (Å²) in [6, 6.07) is 0. The number of H-pyrrole nitrogens is 1. The number of carboxylic acids is 1. The fourth-order valence-electron chi connectivity index (χ4n) is 3.53. The summed E-state index contributed by atoms with van der Waals surface area (Å²) >= 11 is 1.44. The van der Waals surface area contributed by atoms with E-state index in [0.29, 0.717) is 10.2 Å². The van der Waals surface area contributed by atoms with Crippen molar-refractivity contribution in [2.45, 2.75) is 51.4 Å². The number of carbonyl (C=O) groups is 1. The van der Waals surface area contributed by atoms with Crippen molar-refractivity contribution in [2.75, 3.05) is 6.54 Å². The van der Waals surface area contributed by atoms with Crippen molar-refractivity contribution in [3.05, 3.63) is 26.6 Å². The van der Waals surface area contributed by atoms with Crippen LogP contribution >= 0.6 is 11.3 Å². The van der Waals surface area contributed by atoms with Crippen molar-refractivity contribution in [3.63, 3.8) is 0 Å². The highest BCUT2D eigenvalue weighted by atomic mass is 32.1. The zero-order valence-corrected chi connectivity index (χ0v) is 14.5. The van der Waals surface area contributed by atoms with Crippen LogP contribution in [0.4, 0.5) is 0 Å². The Balaban J connectivity index is 0.000000179. The number of nitrogens with two attached hydrogens (primary N) is 1. The molecule has 1 fully saturated rings. The summed E-state index contributed by atoms with van der Waals surface area (Å²) in [6.07, 6.45) is 9.98. The van der Waals surface area contributed by atoms with Gasteiger partial charge in [-0.1, -0.05) is 19.3 Å². The van der Waals surface area contributed by atoms with Gasteiger partial charge in [0.05, 0.1) is 5.39 Å². The largest absolute Gasteiger partial charge is 0.475 e. The summed E-state index contributed by atoms with van der Waals surface area (Å²) in [5.74, 6) is -0.617. The van der Waals surface area contributed by atoms with Crippen LogP contribution in [0.2, 0.25) is 0 Å². The van der Waals surface area contributed by atoms with Gasteiger partial charge in [0.1, 0.15) is 4.83 Å². The number of aromatic carboxylic acids is 1. The minimum absolute atomic E-state index is 0.280. The SMILES string of the molecule is NCC1CCCCC1.O=C(O)c1nc2sc3c(c2c(=O)[nH]1)CCC3. The Morgan fingerprint density at radius 1 is 1.25 bits per heavy atom. The first-order valence-electron chi connectivity index (χ1n) is 8.58. The van der Waals surface area contributed by atoms with Crippen LogP contribution in [0.25, 0.3) is 10.2 Å². The minimum Gasteiger partial charge on any atom is -0.475 e. The quantitative estimate of drug-likeness (QED) is 0.772. The molecule has 0 amide bonds. The Kier molecular flexibility index (Phi) is 5.30. The number of aromatic amines is 1. The minimum atomic E-state index is -1.20. The number of aryl methyl sites for hydroxylation is 2. The van der Waals surface area contributed by atoms with Gasteiger partial charge in [0.2, 0.25) is 5.82 Å². The van der Waals surface area contributed by atoms with E-state index in [1.165, 1.54) is 48.3 Å². The van der Waals surface area contributed by atoms with E-state index in [9.17, 15) is 9.59 Å². The van der Waals surface area contributed by atoms with Gasteiger partial charge in [0.15, 0.2) is 0 Å². The molecule has 130 valence electrons. The highest BCUT2D eigenvalue weighted by Gasteiger charge is 2.22. The molecule has 2 aromatic rings. The molecule has 24 heavy (non-hydrogen) atoms. The number of hydrogen-bond donors (Lipinski definition) is 3. The Labute approximate surface area is 144 Å². The summed E-state index contributed by atoms with van der Waals surface area (Å²) in [7, 11) is 0. The molecule has 2 aliphatic rings. The molecular weight excluding hydrogens is 326 g/mol. The second kappa shape index (κ2) is 7.44. The van der Waals surface area contributed by atoms with E-state index < -0.39 is 5.97 Å². The lowest BCUT2D eigenvalue weighted by Gasteiger charge is -2.18. The molecule has 7 heteroatoms. The molecule has 0 aromatic carbocycles. The number of aromatic nitrogens is 2. The summed E-state index contributed by atoms with van der Waals surface area (Å²) in [6.45, 7) is 0.917. The van der Waals surface area contributed by atoms with E-state index in [0.717, 1.165) is 37.3 Å². The van der Waals surface area contributed by atoms with E-state index in [2.05, 4.69) is 9.97 Å². The van der Waals surface area contributed by atoms with Crippen molar-refractivity contribution in [1.82, 2.24) is 9.97 Å². The fourth-order valence-corrected chi connectivity index (χ4v) is 4.79. The molecule has 0 saturated heterocycles. The van der Waals surface area contributed by atoms with E-state index in [1.807, 2.05) is 0 Å². The maximum atomic E-state index is 11.8. The average Bonchev–Trinajstić information content (AvgIpc) is 3.16. The third-order valence-corrected chi connectivity index (χ3v) is 6.02. The summed E-state index contributed by atoms with van der Waals surface area (Å²) < 4.78 is 0. The van der Waals surface area contributed by atoms with Gasteiger partial charge in [-0.2, -0.15) is 0 Å². The predicted octanol–water partition coefficient (Wildman–Crippen LogP) is 2.70. The summed E-state index contributed by atoms with van der Waals surface area (Å²) in [4.78, 5) is 30.5. The number of nitrogens with one attached hydrogen (secondary N) is 1. The molecule has 0 aliphatic heterocycles. The molecule has 0 radical (unpaired) electrons. The first-order valence-corrected chi connectivity index (χ1v) is 9.39. The van der Waals surface area contributed by atoms with Gasteiger partial charge in [-0.05, 0) is 50.1 Å². The molecule has 2 heterocycles. The number of hydrogen-bond acceptors (Lipinski definition) is 5. The molecule has 1 saturated carbocycles. The topological polar surface area (TPSA) is 109 Å². The van der Waals surface area contributed by atoms with Crippen molar-refractivity contribution >= 4 is 27.5 Å². The van der Waals surface area contributed by atoms with Crippen LogP contribution < -0.4 is 11.3 Å². The molecule has 6 nitrogen and oxygen atoms in total. The Hall–Kier alpha value is -1.73. The molecule has 0 unspecified atom stereocenters. The monoisotopic (exact) mass is 349 g/mol.